The highest BCUT2D eigenvalue weighted by atomic mass is 35.5. The number of carbonyl (C=O) groups excluding carboxylic acids is 2. The number of hydrogen-bond donors (Lipinski definition) is 1. The van der Waals surface area contributed by atoms with Gasteiger partial charge in [0.25, 0.3) is 0 Å². The fourth-order valence-corrected chi connectivity index (χ4v) is 8.81. The zero-order chi connectivity index (χ0) is 27.6. The molecule has 0 saturated heterocycles. The summed E-state index contributed by atoms with van der Waals surface area (Å²) in [6.07, 6.45) is 10.4. The molecule has 1 heterocycles. The van der Waals surface area contributed by atoms with Gasteiger partial charge in [-0.15, -0.1) is 23.2 Å². The van der Waals surface area contributed by atoms with Gasteiger partial charge in [-0.2, -0.15) is 0 Å². The van der Waals surface area contributed by atoms with E-state index >= 15 is 0 Å². The molecular weight excluding hydrogens is 535 g/mol. The third kappa shape index (κ3) is 5.66. The molecule has 0 spiro atoms. The molecule has 5 rings (SSSR count). The number of allylic oxidation sites excluding steroid dienone is 1. The highest BCUT2D eigenvalue weighted by molar-refractivity contribution is 6.18. The fourth-order valence-electron chi connectivity index (χ4n) is 8.40. The summed E-state index contributed by atoms with van der Waals surface area (Å²) in [6.45, 7) is 6.83. The predicted octanol–water partition coefficient (Wildman–Crippen LogP) is 5.81. The van der Waals surface area contributed by atoms with E-state index in [4.69, 9.17) is 32.7 Å². The maximum Gasteiger partial charge on any atom is 0.344 e. The second-order valence-corrected chi connectivity index (χ2v) is 13.1. The van der Waals surface area contributed by atoms with Crippen LogP contribution in [0.25, 0.3) is 0 Å². The maximum atomic E-state index is 12.9. The lowest BCUT2D eigenvalue weighted by molar-refractivity contribution is -0.163. The fraction of sp³-hybridized carbons (Fsp3) is 0.677. The maximum absolute atomic E-state index is 12.9. The molecule has 214 valence electrons. The summed E-state index contributed by atoms with van der Waals surface area (Å²) in [5.74, 6) is 3.65. The van der Waals surface area contributed by atoms with Crippen LogP contribution in [0.3, 0.4) is 0 Å². The highest BCUT2D eigenvalue weighted by Crippen LogP contribution is 2.64. The van der Waals surface area contributed by atoms with Gasteiger partial charge in [-0.05, 0) is 98.0 Å². The molecule has 4 aliphatic rings. The van der Waals surface area contributed by atoms with Crippen LogP contribution < -0.4 is 15.0 Å². The molecule has 0 bridgehead atoms. The Kier molecular flexibility index (Phi) is 8.73. The van der Waals surface area contributed by atoms with Crippen molar-refractivity contribution in [2.75, 3.05) is 42.9 Å². The van der Waals surface area contributed by atoms with E-state index in [2.05, 4.69) is 30.1 Å². The summed E-state index contributed by atoms with van der Waals surface area (Å²) in [6, 6.07) is 7.67. The summed E-state index contributed by atoms with van der Waals surface area (Å²) < 4.78 is 11.9. The number of carbonyl (C=O) groups is 2. The summed E-state index contributed by atoms with van der Waals surface area (Å²) in [7, 11) is 0. The van der Waals surface area contributed by atoms with Crippen LogP contribution in [0.1, 0.15) is 52.4 Å². The molecule has 39 heavy (non-hydrogen) atoms. The first kappa shape index (κ1) is 28.6. The second kappa shape index (κ2) is 11.9. The van der Waals surface area contributed by atoms with Crippen molar-refractivity contribution in [2.24, 2.45) is 34.5 Å². The first-order valence-electron chi connectivity index (χ1n) is 14.5. The molecule has 1 aliphatic heterocycles. The van der Waals surface area contributed by atoms with Crippen molar-refractivity contribution in [3.8, 4) is 5.75 Å². The number of benzene rings is 1. The molecule has 1 amide bonds. The molecule has 7 atom stereocenters. The molecule has 0 radical (unpaired) electrons. The molecule has 3 fully saturated rings. The molecule has 1 aromatic rings. The van der Waals surface area contributed by atoms with Gasteiger partial charge in [0.2, 0.25) is 5.91 Å². The van der Waals surface area contributed by atoms with E-state index in [1.165, 1.54) is 6.42 Å². The molecular formula is C31H42Cl2N2O4. The van der Waals surface area contributed by atoms with Gasteiger partial charge in [0.05, 0.1) is 0 Å². The van der Waals surface area contributed by atoms with Gasteiger partial charge in [-0.3, -0.25) is 4.79 Å². The Morgan fingerprint density at radius 1 is 1.03 bits per heavy atom. The Bertz CT molecular complexity index is 1060. The number of nitrogens with one attached hydrogen (secondary N) is 1. The summed E-state index contributed by atoms with van der Waals surface area (Å²) in [4.78, 5) is 27.1. The van der Waals surface area contributed by atoms with E-state index in [0.29, 0.717) is 41.2 Å². The van der Waals surface area contributed by atoms with E-state index in [1.807, 2.05) is 24.3 Å². The number of ether oxygens (including phenoxy) is 2. The van der Waals surface area contributed by atoms with E-state index < -0.39 is 0 Å². The van der Waals surface area contributed by atoms with Crippen LogP contribution in [-0.4, -0.2) is 56.0 Å². The molecule has 3 aliphatic carbocycles. The average molecular weight is 578 g/mol. The number of anilines is 1. The number of halogens is 2. The number of hydrogen-bond acceptors (Lipinski definition) is 5. The Labute approximate surface area is 242 Å². The summed E-state index contributed by atoms with van der Waals surface area (Å²) in [5.41, 5.74) is 1.07. The normalized spacial score (nSPS) is 35.2. The van der Waals surface area contributed by atoms with Crippen molar-refractivity contribution < 1.29 is 19.1 Å². The van der Waals surface area contributed by atoms with Gasteiger partial charge in [-0.1, -0.05) is 19.9 Å². The Morgan fingerprint density at radius 2 is 1.77 bits per heavy atom. The molecule has 0 aromatic heterocycles. The predicted molar refractivity (Wildman–Crippen MR) is 155 cm³/mol. The molecule has 6 nitrogen and oxygen atoms in total. The van der Waals surface area contributed by atoms with Gasteiger partial charge in [0.1, 0.15) is 11.9 Å². The average Bonchev–Trinajstić information content (AvgIpc) is 3.17. The van der Waals surface area contributed by atoms with Crippen molar-refractivity contribution >= 4 is 40.8 Å². The van der Waals surface area contributed by atoms with E-state index in [-0.39, 0.29) is 35.4 Å². The first-order chi connectivity index (χ1) is 18.8. The van der Waals surface area contributed by atoms with Crippen LogP contribution in [0.15, 0.2) is 36.4 Å². The van der Waals surface area contributed by atoms with Crippen molar-refractivity contribution in [1.82, 2.24) is 5.32 Å². The monoisotopic (exact) mass is 576 g/mol. The molecule has 3 saturated carbocycles. The minimum Gasteiger partial charge on any atom is -0.482 e. The van der Waals surface area contributed by atoms with Crippen LogP contribution in [0.4, 0.5) is 5.69 Å². The number of rotatable bonds is 9. The summed E-state index contributed by atoms with van der Waals surface area (Å²) >= 11 is 11.8. The largest absolute Gasteiger partial charge is 0.482 e. The molecule has 8 heteroatoms. The quantitative estimate of drug-likeness (QED) is 0.297. The highest BCUT2D eigenvalue weighted by Gasteiger charge is 2.60. The lowest BCUT2D eigenvalue weighted by Gasteiger charge is -2.57. The van der Waals surface area contributed by atoms with Gasteiger partial charge in [0.15, 0.2) is 6.61 Å². The van der Waals surface area contributed by atoms with E-state index in [1.54, 1.807) is 6.08 Å². The van der Waals surface area contributed by atoms with Crippen molar-refractivity contribution in [3.05, 3.63) is 36.4 Å². The smallest absolute Gasteiger partial charge is 0.344 e. The van der Waals surface area contributed by atoms with Gasteiger partial charge in [-0.25, -0.2) is 4.79 Å². The second-order valence-electron chi connectivity index (χ2n) is 12.3. The SMILES string of the molecule is C[C@]12C=CC(=O)NC[C@@H]1CC[C@@H]1[C@@H]2CC[C@]2(C)[C@@H](OC(=O)COc3ccc(N(CCCl)CCCl)cc3)CC[C@@H]12. The zero-order valence-corrected chi connectivity index (χ0v) is 24.7. The number of amides is 1. The Hall–Kier alpha value is -1.92. The van der Waals surface area contributed by atoms with Crippen LogP contribution in [0.5, 0.6) is 5.75 Å². The van der Waals surface area contributed by atoms with Crippen LogP contribution in [0.2, 0.25) is 0 Å². The number of esters is 1. The van der Waals surface area contributed by atoms with Gasteiger partial charge >= 0.3 is 5.97 Å². The number of nitrogens with zero attached hydrogens (tertiary/aromatic N) is 1. The molecule has 1 N–H and O–H groups in total. The van der Waals surface area contributed by atoms with Crippen molar-refractivity contribution in [2.45, 2.75) is 58.5 Å². The van der Waals surface area contributed by atoms with E-state index in [0.717, 1.165) is 57.4 Å². The number of fused-ring (bicyclic) bond motifs is 5. The van der Waals surface area contributed by atoms with Crippen molar-refractivity contribution in [3.63, 3.8) is 0 Å². The minimum absolute atomic E-state index is 0.00150. The van der Waals surface area contributed by atoms with Gasteiger partial charge < -0.3 is 19.7 Å². The number of alkyl halides is 2. The topological polar surface area (TPSA) is 67.9 Å². The van der Waals surface area contributed by atoms with Gasteiger partial charge in [0, 0.05) is 42.5 Å². The molecule has 1 aromatic carbocycles. The third-order valence-corrected chi connectivity index (χ3v) is 10.9. The van der Waals surface area contributed by atoms with E-state index in [9.17, 15) is 9.59 Å². The lowest BCUT2D eigenvalue weighted by Crippen LogP contribution is -2.53. The Balaban J connectivity index is 1.18. The van der Waals surface area contributed by atoms with Crippen LogP contribution in [0, 0.1) is 34.5 Å². The zero-order valence-electron chi connectivity index (χ0n) is 23.2. The van der Waals surface area contributed by atoms with Crippen LogP contribution in [-0.2, 0) is 14.3 Å². The standard InChI is InChI=1S/C31H42Cl2N2O4/c1-30-14-12-28(36)34-19-21(30)3-8-24-25-9-10-27(31(25,2)13-11-26(24)30)39-29(37)20-38-23-6-4-22(5-7-23)35(17-15-32)18-16-33/h4-7,12,14,21,24-27H,3,8-11,13,15-20H2,1-2H3,(H,34,36)/t21-,24-,25-,26-,27-,30-,31-/m0/s1. The molecule has 0 unspecified atom stereocenters. The third-order valence-electron chi connectivity index (χ3n) is 10.5. The summed E-state index contributed by atoms with van der Waals surface area (Å²) in [5, 5.41) is 3.08. The first-order valence-corrected chi connectivity index (χ1v) is 15.6. The van der Waals surface area contributed by atoms with Crippen molar-refractivity contribution in [1.29, 1.82) is 0 Å². The lowest BCUT2D eigenvalue weighted by atomic mass is 9.47. The minimum atomic E-state index is -0.300. The Morgan fingerprint density at radius 3 is 2.49 bits per heavy atom. The van der Waals surface area contributed by atoms with Crippen LogP contribution >= 0.6 is 23.2 Å².